The van der Waals surface area contributed by atoms with Crippen LogP contribution in [0.4, 0.5) is 5.82 Å². The van der Waals surface area contributed by atoms with Crippen molar-refractivity contribution < 1.29 is 9.53 Å². The summed E-state index contributed by atoms with van der Waals surface area (Å²) in [6, 6.07) is 10.4. The number of carbonyl (C=O) groups excluding carboxylic acids is 1. The Hall–Kier alpha value is -2.38. The average molecular weight is 439 g/mol. The van der Waals surface area contributed by atoms with Gasteiger partial charge in [-0.1, -0.05) is 36.8 Å². The fourth-order valence-electron chi connectivity index (χ4n) is 3.82. The van der Waals surface area contributed by atoms with Crippen molar-refractivity contribution in [1.29, 1.82) is 0 Å². The van der Waals surface area contributed by atoms with Crippen LogP contribution in [0, 0.1) is 0 Å². The smallest absolute Gasteiger partial charge is 0.246 e. The first kappa shape index (κ1) is 21.8. The van der Waals surface area contributed by atoms with Gasteiger partial charge in [-0.3, -0.25) is 4.79 Å². The van der Waals surface area contributed by atoms with Gasteiger partial charge in [-0.15, -0.1) is 11.8 Å². The Balaban J connectivity index is 1.55. The van der Waals surface area contributed by atoms with Crippen LogP contribution >= 0.6 is 11.8 Å². The van der Waals surface area contributed by atoms with Crippen molar-refractivity contribution >= 4 is 23.5 Å². The lowest BCUT2D eigenvalue weighted by molar-refractivity contribution is -0.127. The van der Waals surface area contributed by atoms with Gasteiger partial charge in [0.25, 0.3) is 0 Å². The molecule has 7 heteroatoms. The Labute approximate surface area is 188 Å². The SMILES string of the molecule is COCC/C(SCc1ccccc1)=C(\C)N1Cc2cnc(C3CCC3)nc2NCC1=O. The standard InChI is InChI=1S/C24H30N4O2S/c1-17(21(11-12-30-2)31-16-18-7-4-3-5-8-18)28-15-20-13-25-23(19-9-6-10-19)27-24(20)26-14-22(28)29/h3-5,7-8,13,19H,6,9-12,14-16H2,1-2H3,(H,25,26,27)/b21-17-. The van der Waals surface area contributed by atoms with Crippen molar-refractivity contribution in [3.05, 3.63) is 64.1 Å². The minimum Gasteiger partial charge on any atom is -0.384 e. The maximum absolute atomic E-state index is 13.0. The molecule has 2 aliphatic rings. The zero-order chi connectivity index (χ0) is 21.6. The van der Waals surface area contributed by atoms with Gasteiger partial charge in [0, 0.05) is 47.6 Å². The second-order valence-electron chi connectivity index (χ2n) is 8.09. The van der Waals surface area contributed by atoms with Crippen LogP contribution in [0.2, 0.25) is 0 Å². The van der Waals surface area contributed by atoms with Gasteiger partial charge < -0.3 is 15.0 Å². The number of ether oxygens (including phenoxy) is 1. The highest BCUT2D eigenvalue weighted by Gasteiger charge is 2.27. The van der Waals surface area contributed by atoms with E-state index in [1.807, 2.05) is 24.1 Å². The zero-order valence-electron chi connectivity index (χ0n) is 18.3. The number of nitrogens with zero attached hydrogens (tertiary/aromatic N) is 3. The fraction of sp³-hybridized carbons (Fsp3) is 0.458. The van der Waals surface area contributed by atoms with Crippen molar-refractivity contribution in [2.24, 2.45) is 0 Å². The van der Waals surface area contributed by atoms with E-state index in [1.165, 1.54) is 16.9 Å². The van der Waals surface area contributed by atoms with E-state index < -0.39 is 0 Å². The number of carbonyl (C=O) groups is 1. The number of allylic oxidation sites excluding steroid dienone is 1. The normalized spacial score (nSPS) is 17.4. The number of rotatable bonds is 8. The highest BCUT2D eigenvalue weighted by atomic mass is 32.2. The van der Waals surface area contributed by atoms with E-state index >= 15 is 0 Å². The van der Waals surface area contributed by atoms with Crippen molar-refractivity contribution in [3.8, 4) is 0 Å². The molecule has 0 bridgehead atoms. The van der Waals surface area contributed by atoms with E-state index in [0.717, 1.165) is 47.9 Å². The lowest BCUT2D eigenvalue weighted by Gasteiger charge is -2.25. The van der Waals surface area contributed by atoms with Gasteiger partial charge in [0.1, 0.15) is 11.6 Å². The molecule has 1 fully saturated rings. The van der Waals surface area contributed by atoms with Gasteiger partial charge in [0.05, 0.1) is 19.7 Å². The first-order chi connectivity index (χ1) is 15.2. The Morgan fingerprint density at radius 2 is 2.10 bits per heavy atom. The second kappa shape index (κ2) is 10.3. The van der Waals surface area contributed by atoms with Gasteiger partial charge in [-0.25, -0.2) is 9.97 Å². The molecule has 4 rings (SSSR count). The van der Waals surface area contributed by atoms with Crippen LogP contribution in [0.3, 0.4) is 0 Å². The molecule has 164 valence electrons. The van der Waals surface area contributed by atoms with Crippen LogP contribution < -0.4 is 5.32 Å². The van der Waals surface area contributed by atoms with E-state index in [0.29, 0.717) is 19.1 Å². The summed E-state index contributed by atoms with van der Waals surface area (Å²) in [5, 5.41) is 3.25. The van der Waals surface area contributed by atoms with Crippen LogP contribution in [0.15, 0.2) is 47.1 Å². The first-order valence-corrected chi connectivity index (χ1v) is 11.9. The monoisotopic (exact) mass is 438 g/mol. The molecular formula is C24H30N4O2S. The summed E-state index contributed by atoms with van der Waals surface area (Å²) < 4.78 is 5.34. The highest BCUT2D eigenvalue weighted by Crippen LogP contribution is 2.36. The number of hydrogen-bond donors (Lipinski definition) is 1. The maximum Gasteiger partial charge on any atom is 0.246 e. The molecular weight excluding hydrogens is 408 g/mol. The van der Waals surface area contributed by atoms with Gasteiger partial charge in [0.2, 0.25) is 5.91 Å². The average Bonchev–Trinajstić information content (AvgIpc) is 2.92. The number of thioether (sulfide) groups is 1. The van der Waals surface area contributed by atoms with Crippen molar-refractivity contribution in [2.75, 3.05) is 25.6 Å². The molecule has 1 aromatic heterocycles. The predicted molar refractivity (Wildman–Crippen MR) is 125 cm³/mol. The van der Waals surface area contributed by atoms with Crippen molar-refractivity contribution in [2.45, 2.75) is 50.8 Å². The number of anilines is 1. The lowest BCUT2D eigenvalue weighted by Crippen LogP contribution is -2.32. The molecule has 1 aromatic carbocycles. The molecule has 1 aliphatic heterocycles. The summed E-state index contributed by atoms with van der Waals surface area (Å²) in [7, 11) is 1.71. The topological polar surface area (TPSA) is 67.3 Å². The third kappa shape index (κ3) is 5.28. The number of aromatic nitrogens is 2. The summed E-state index contributed by atoms with van der Waals surface area (Å²) in [6.07, 6.45) is 6.24. The molecule has 0 radical (unpaired) electrons. The van der Waals surface area contributed by atoms with Crippen molar-refractivity contribution in [3.63, 3.8) is 0 Å². The molecule has 2 heterocycles. The third-order valence-corrected chi connectivity index (χ3v) is 7.31. The highest BCUT2D eigenvalue weighted by molar-refractivity contribution is 8.02. The lowest BCUT2D eigenvalue weighted by atomic mass is 9.85. The molecule has 6 nitrogen and oxygen atoms in total. The largest absolute Gasteiger partial charge is 0.384 e. The maximum atomic E-state index is 13.0. The summed E-state index contributed by atoms with van der Waals surface area (Å²) in [4.78, 5) is 25.4. The molecule has 31 heavy (non-hydrogen) atoms. The number of fused-ring (bicyclic) bond motifs is 1. The van der Waals surface area contributed by atoms with Gasteiger partial charge >= 0.3 is 0 Å². The molecule has 0 saturated heterocycles. The second-order valence-corrected chi connectivity index (χ2v) is 9.16. The summed E-state index contributed by atoms with van der Waals surface area (Å²) in [5.41, 5.74) is 3.22. The summed E-state index contributed by atoms with van der Waals surface area (Å²) in [5.74, 6) is 3.10. The Bertz CT molecular complexity index is 944. The predicted octanol–water partition coefficient (Wildman–Crippen LogP) is 4.70. The molecule has 2 aromatic rings. The molecule has 0 atom stereocenters. The van der Waals surface area contributed by atoms with E-state index in [4.69, 9.17) is 9.72 Å². The van der Waals surface area contributed by atoms with E-state index in [9.17, 15) is 4.79 Å². The van der Waals surface area contributed by atoms with Crippen LogP contribution in [0.25, 0.3) is 0 Å². The molecule has 1 aliphatic carbocycles. The Morgan fingerprint density at radius 1 is 1.29 bits per heavy atom. The van der Waals surface area contributed by atoms with E-state index in [2.05, 4.69) is 34.6 Å². The molecule has 1 saturated carbocycles. The number of nitrogens with one attached hydrogen (secondary N) is 1. The Kier molecular flexibility index (Phi) is 7.25. The molecule has 0 spiro atoms. The number of amides is 1. The number of methoxy groups -OCH3 is 1. The number of benzene rings is 1. The first-order valence-electron chi connectivity index (χ1n) is 10.9. The quantitative estimate of drug-likeness (QED) is 0.644. The van der Waals surface area contributed by atoms with Gasteiger partial charge in [-0.05, 0) is 25.3 Å². The fourth-order valence-corrected chi connectivity index (χ4v) is 4.90. The zero-order valence-corrected chi connectivity index (χ0v) is 19.1. The van der Waals surface area contributed by atoms with Crippen LogP contribution in [-0.4, -0.2) is 41.0 Å². The van der Waals surface area contributed by atoms with Crippen LogP contribution in [0.5, 0.6) is 0 Å². The Morgan fingerprint density at radius 3 is 2.81 bits per heavy atom. The van der Waals surface area contributed by atoms with Crippen LogP contribution in [-0.2, 0) is 21.8 Å². The van der Waals surface area contributed by atoms with Crippen molar-refractivity contribution in [1.82, 2.24) is 14.9 Å². The van der Waals surface area contributed by atoms with Gasteiger partial charge in [0.15, 0.2) is 0 Å². The van der Waals surface area contributed by atoms with E-state index in [-0.39, 0.29) is 12.5 Å². The molecule has 1 N–H and O–H groups in total. The molecule has 0 unspecified atom stereocenters. The minimum atomic E-state index is 0.0518. The van der Waals surface area contributed by atoms with Gasteiger partial charge in [-0.2, -0.15) is 0 Å². The van der Waals surface area contributed by atoms with Crippen LogP contribution in [0.1, 0.15) is 55.5 Å². The third-order valence-electron chi connectivity index (χ3n) is 5.99. The summed E-state index contributed by atoms with van der Waals surface area (Å²) >= 11 is 1.78. The minimum absolute atomic E-state index is 0.0518. The summed E-state index contributed by atoms with van der Waals surface area (Å²) in [6.45, 7) is 3.39. The number of hydrogen-bond acceptors (Lipinski definition) is 6. The molecule has 1 amide bonds. The van der Waals surface area contributed by atoms with E-state index in [1.54, 1.807) is 18.9 Å².